The molecule has 0 radical (unpaired) electrons. The van der Waals surface area contributed by atoms with E-state index in [-0.39, 0.29) is 5.91 Å². The van der Waals surface area contributed by atoms with Crippen molar-refractivity contribution >= 4 is 5.91 Å². The Morgan fingerprint density at radius 2 is 1.68 bits per heavy atom. The standard InChI is InChI=1S/C23H30N2O3/c1-18-6-4-5-7-20(18)17-24-12-14-25(15-13-24)23(26)11-9-19-8-10-21(27-2)22(16-19)28-3/h4-8,10,16H,9,11-15,17H2,1-3H3. The average Bonchev–Trinajstić information content (AvgIpc) is 2.74. The van der Waals surface area contributed by atoms with Crippen molar-refractivity contribution in [1.29, 1.82) is 0 Å². The maximum atomic E-state index is 12.6. The van der Waals surface area contributed by atoms with Crippen molar-refractivity contribution in [2.45, 2.75) is 26.3 Å². The predicted octanol–water partition coefficient (Wildman–Crippen LogP) is 3.29. The van der Waals surface area contributed by atoms with Gasteiger partial charge in [-0.05, 0) is 42.2 Å². The molecule has 28 heavy (non-hydrogen) atoms. The van der Waals surface area contributed by atoms with E-state index in [0.29, 0.717) is 24.3 Å². The third-order valence-corrected chi connectivity index (χ3v) is 5.46. The Hall–Kier alpha value is -2.53. The van der Waals surface area contributed by atoms with Crippen LogP contribution in [-0.2, 0) is 17.8 Å². The van der Waals surface area contributed by atoms with E-state index < -0.39 is 0 Å². The van der Waals surface area contributed by atoms with E-state index in [1.807, 2.05) is 23.1 Å². The van der Waals surface area contributed by atoms with E-state index in [9.17, 15) is 4.79 Å². The maximum absolute atomic E-state index is 12.6. The number of carbonyl (C=O) groups excluding carboxylic acids is 1. The normalized spacial score (nSPS) is 14.8. The first-order valence-corrected chi connectivity index (χ1v) is 9.86. The van der Waals surface area contributed by atoms with E-state index in [1.54, 1.807) is 14.2 Å². The second-order valence-electron chi connectivity index (χ2n) is 7.27. The van der Waals surface area contributed by atoms with Gasteiger partial charge >= 0.3 is 0 Å². The number of rotatable bonds is 7. The molecule has 1 aliphatic heterocycles. The van der Waals surface area contributed by atoms with Crippen LogP contribution < -0.4 is 9.47 Å². The van der Waals surface area contributed by atoms with Crippen molar-refractivity contribution < 1.29 is 14.3 Å². The highest BCUT2D eigenvalue weighted by Crippen LogP contribution is 2.28. The van der Waals surface area contributed by atoms with Gasteiger partial charge in [-0.2, -0.15) is 0 Å². The molecule has 1 amide bonds. The molecule has 5 nitrogen and oxygen atoms in total. The zero-order chi connectivity index (χ0) is 19.9. The molecular weight excluding hydrogens is 352 g/mol. The van der Waals surface area contributed by atoms with Crippen molar-refractivity contribution in [3.05, 3.63) is 59.2 Å². The molecule has 150 valence electrons. The highest BCUT2D eigenvalue weighted by molar-refractivity contribution is 5.76. The molecule has 3 rings (SSSR count). The van der Waals surface area contributed by atoms with Crippen LogP contribution in [0.15, 0.2) is 42.5 Å². The molecule has 5 heteroatoms. The van der Waals surface area contributed by atoms with Crippen LogP contribution in [-0.4, -0.2) is 56.1 Å². The second-order valence-corrected chi connectivity index (χ2v) is 7.27. The molecule has 2 aromatic rings. The maximum Gasteiger partial charge on any atom is 0.222 e. The third-order valence-electron chi connectivity index (χ3n) is 5.46. The number of nitrogens with zero attached hydrogens (tertiary/aromatic N) is 2. The molecule has 2 aromatic carbocycles. The molecule has 0 aromatic heterocycles. The number of hydrogen-bond donors (Lipinski definition) is 0. The summed E-state index contributed by atoms with van der Waals surface area (Å²) >= 11 is 0. The first-order chi connectivity index (χ1) is 13.6. The van der Waals surface area contributed by atoms with Crippen LogP contribution in [0.5, 0.6) is 11.5 Å². The molecule has 0 unspecified atom stereocenters. The van der Waals surface area contributed by atoms with Crippen molar-refractivity contribution in [2.24, 2.45) is 0 Å². The Bertz CT molecular complexity index is 798. The van der Waals surface area contributed by atoms with E-state index in [4.69, 9.17) is 9.47 Å². The van der Waals surface area contributed by atoms with Crippen molar-refractivity contribution in [3.8, 4) is 11.5 Å². The molecule has 0 aliphatic carbocycles. The Labute approximate surface area is 167 Å². The Kier molecular flexibility index (Phi) is 6.93. The summed E-state index contributed by atoms with van der Waals surface area (Å²) in [4.78, 5) is 17.0. The van der Waals surface area contributed by atoms with Gasteiger partial charge in [-0.25, -0.2) is 0 Å². The summed E-state index contributed by atoms with van der Waals surface area (Å²) in [7, 11) is 3.25. The highest BCUT2D eigenvalue weighted by atomic mass is 16.5. The van der Waals surface area contributed by atoms with E-state index in [2.05, 4.69) is 36.1 Å². The molecular formula is C23H30N2O3. The van der Waals surface area contributed by atoms with Gasteiger partial charge in [0, 0.05) is 39.1 Å². The molecule has 1 heterocycles. The van der Waals surface area contributed by atoms with Crippen molar-refractivity contribution in [1.82, 2.24) is 9.80 Å². The van der Waals surface area contributed by atoms with Crippen LogP contribution in [0.2, 0.25) is 0 Å². The fraction of sp³-hybridized carbons (Fsp3) is 0.435. The summed E-state index contributed by atoms with van der Waals surface area (Å²) < 4.78 is 10.6. The summed E-state index contributed by atoms with van der Waals surface area (Å²) in [6, 6.07) is 14.4. The molecule has 0 atom stereocenters. The molecule has 0 bridgehead atoms. The lowest BCUT2D eigenvalue weighted by Gasteiger charge is -2.35. The van der Waals surface area contributed by atoms with Gasteiger partial charge in [0.2, 0.25) is 5.91 Å². The third kappa shape index (κ3) is 5.04. The summed E-state index contributed by atoms with van der Waals surface area (Å²) in [5, 5.41) is 0. The zero-order valence-electron chi connectivity index (χ0n) is 17.1. The largest absolute Gasteiger partial charge is 0.493 e. The second kappa shape index (κ2) is 9.60. The number of benzene rings is 2. The lowest BCUT2D eigenvalue weighted by atomic mass is 10.1. The zero-order valence-corrected chi connectivity index (χ0v) is 17.1. The first-order valence-electron chi connectivity index (χ1n) is 9.86. The molecule has 1 saturated heterocycles. The van der Waals surface area contributed by atoms with E-state index >= 15 is 0 Å². The van der Waals surface area contributed by atoms with E-state index in [1.165, 1.54) is 11.1 Å². The molecule has 1 fully saturated rings. The molecule has 1 aliphatic rings. The average molecular weight is 383 g/mol. The Morgan fingerprint density at radius 1 is 0.964 bits per heavy atom. The smallest absolute Gasteiger partial charge is 0.222 e. The quantitative estimate of drug-likeness (QED) is 0.737. The minimum Gasteiger partial charge on any atom is -0.493 e. The summed E-state index contributed by atoms with van der Waals surface area (Å²) in [5.74, 6) is 1.64. The molecule has 0 N–H and O–H groups in total. The van der Waals surface area contributed by atoms with Gasteiger partial charge in [-0.3, -0.25) is 9.69 Å². The van der Waals surface area contributed by atoms with Gasteiger partial charge in [-0.1, -0.05) is 30.3 Å². The molecule has 0 saturated carbocycles. The number of aryl methyl sites for hydroxylation is 2. The van der Waals surface area contributed by atoms with Crippen LogP contribution in [0.3, 0.4) is 0 Å². The predicted molar refractivity (Wildman–Crippen MR) is 111 cm³/mol. The van der Waals surface area contributed by atoms with E-state index in [0.717, 1.165) is 38.3 Å². The number of carbonyl (C=O) groups is 1. The molecule has 0 spiro atoms. The van der Waals surface area contributed by atoms with Crippen molar-refractivity contribution in [3.63, 3.8) is 0 Å². The van der Waals surface area contributed by atoms with Gasteiger partial charge in [0.1, 0.15) is 0 Å². The van der Waals surface area contributed by atoms with Crippen LogP contribution in [0.1, 0.15) is 23.1 Å². The summed E-state index contributed by atoms with van der Waals surface area (Å²) in [6.07, 6.45) is 1.23. The lowest BCUT2D eigenvalue weighted by molar-refractivity contribution is -0.133. The number of methoxy groups -OCH3 is 2. The SMILES string of the molecule is COc1ccc(CCC(=O)N2CCN(Cc3ccccc3C)CC2)cc1OC. The summed E-state index contributed by atoms with van der Waals surface area (Å²) in [6.45, 7) is 6.57. The monoisotopic (exact) mass is 382 g/mol. The van der Waals surface area contributed by atoms with Gasteiger partial charge in [0.15, 0.2) is 11.5 Å². The highest BCUT2D eigenvalue weighted by Gasteiger charge is 2.21. The lowest BCUT2D eigenvalue weighted by Crippen LogP contribution is -2.48. The van der Waals surface area contributed by atoms with Crippen molar-refractivity contribution in [2.75, 3.05) is 40.4 Å². The Balaban J connectivity index is 1.47. The fourth-order valence-electron chi connectivity index (χ4n) is 3.63. The van der Waals surface area contributed by atoms with Gasteiger partial charge < -0.3 is 14.4 Å². The number of hydrogen-bond acceptors (Lipinski definition) is 4. The van der Waals surface area contributed by atoms with Crippen LogP contribution >= 0.6 is 0 Å². The van der Waals surface area contributed by atoms with Gasteiger partial charge in [0.05, 0.1) is 14.2 Å². The minimum atomic E-state index is 0.227. The van der Waals surface area contributed by atoms with Crippen LogP contribution in [0, 0.1) is 6.92 Å². The number of amides is 1. The Morgan fingerprint density at radius 3 is 2.36 bits per heavy atom. The topological polar surface area (TPSA) is 42.0 Å². The first kappa shape index (κ1) is 20.2. The number of ether oxygens (including phenoxy) is 2. The van der Waals surface area contributed by atoms with Gasteiger partial charge in [-0.15, -0.1) is 0 Å². The number of piperazine rings is 1. The fourth-order valence-corrected chi connectivity index (χ4v) is 3.63. The minimum absolute atomic E-state index is 0.227. The summed E-state index contributed by atoms with van der Waals surface area (Å²) in [5.41, 5.74) is 3.79. The van der Waals surface area contributed by atoms with Crippen LogP contribution in [0.4, 0.5) is 0 Å². The van der Waals surface area contributed by atoms with Crippen LogP contribution in [0.25, 0.3) is 0 Å². The van der Waals surface area contributed by atoms with Gasteiger partial charge in [0.25, 0.3) is 0 Å².